The predicted molar refractivity (Wildman–Crippen MR) is 86.5 cm³/mol. The van der Waals surface area contributed by atoms with Crippen LogP contribution in [-0.4, -0.2) is 13.1 Å². The Morgan fingerprint density at radius 1 is 1.21 bits per heavy atom. The third kappa shape index (κ3) is 3.73. The van der Waals surface area contributed by atoms with Gasteiger partial charge in [0.25, 0.3) is 0 Å². The minimum Gasteiger partial charge on any atom is -0.372 e. The number of anilines is 1. The number of hydrogen-bond donors (Lipinski definition) is 1. The van der Waals surface area contributed by atoms with Crippen molar-refractivity contribution in [3.05, 3.63) is 28.2 Å². The summed E-state index contributed by atoms with van der Waals surface area (Å²) in [6.45, 7) is 2.92. The molecule has 2 rings (SSSR count). The first-order valence-electron chi connectivity index (χ1n) is 7.36. The second-order valence-corrected chi connectivity index (χ2v) is 6.63. The van der Waals surface area contributed by atoms with Gasteiger partial charge < -0.3 is 10.6 Å². The highest BCUT2D eigenvalue weighted by atomic mass is 79.9. The molecule has 0 aromatic heterocycles. The molecule has 2 N–H and O–H groups in total. The van der Waals surface area contributed by atoms with Gasteiger partial charge in [-0.05, 0) is 55.4 Å². The van der Waals surface area contributed by atoms with Gasteiger partial charge in [-0.15, -0.1) is 0 Å². The van der Waals surface area contributed by atoms with Gasteiger partial charge in [-0.2, -0.15) is 0 Å². The average Bonchev–Trinajstić information content (AvgIpc) is 2.46. The number of benzene rings is 1. The molecule has 0 saturated heterocycles. The maximum atomic E-state index is 5.76. The lowest BCUT2D eigenvalue weighted by molar-refractivity contribution is 0.313. The topological polar surface area (TPSA) is 29.3 Å². The lowest BCUT2D eigenvalue weighted by atomic mass is 9.84. The Morgan fingerprint density at radius 2 is 1.89 bits per heavy atom. The standard InChI is InChI=1S/C16H25BrN2/c1-3-12-4-6-15(7-5-12)19(2)16-9-13(11-18)8-14(17)10-16/h8-10,12,15H,3-7,11,18H2,1-2H3. The van der Waals surface area contributed by atoms with Crippen molar-refractivity contribution < 1.29 is 0 Å². The maximum Gasteiger partial charge on any atom is 0.0380 e. The van der Waals surface area contributed by atoms with Crippen molar-refractivity contribution in [1.29, 1.82) is 0 Å². The summed E-state index contributed by atoms with van der Waals surface area (Å²) in [6, 6.07) is 7.20. The number of nitrogens with zero attached hydrogens (tertiary/aromatic N) is 1. The van der Waals surface area contributed by atoms with Crippen LogP contribution in [0.1, 0.15) is 44.6 Å². The minimum absolute atomic E-state index is 0.600. The largest absolute Gasteiger partial charge is 0.372 e. The van der Waals surface area contributed by atoms with Gasteiger partial charge in [0.1, 0.15) is 0 Å². The molecule has 0 bridgehead atoms. The van der Waals surface area contributed by atoms with E-state index in [1.807, 2.05) is 0 Å². The Labute approximate surface area is 125 Å². The van der Waals surface area contributed by atoms with Crippen molar-refractivity contribution in [2.45, 2.75) is 51.6 Å². The molecule has 1 aliphatic rings. The van der Waals surface area contributed by atoms with E-state index in [9.17, 15) is 0 Å². The van der Waals surface area contributed by atoms with Gasteiger partial charge in [0.15, 0.2) is 0 Å². The van der Waals surface area contributed by atoms with Gasteiger partial charge in [-0.1, -0.05) is 29.3 Å². The van der Waals surface area contributed by atoms with Crippen molar-refractivity contribution in [2.75, 3.05) is 11.9 Å². The molecule has 3 heteroatoms. The Morgan fingerprint density at radius 3 is 2.47 bits per heavy atom. The fourth-order valence-electron chi connectivity index (χ4n) is 3.11. The quantitative estimate of drug-likeness (QED) is 0.894. The fourth-order valence-corrected chi connectivity index (χ4v) is 3.63. The van der Waals surface area contributed by atoms with Crippen LogP contribution in [-0.2, 0) is 6.54 Å². The van der Waals surface area contributed by atoms with Gasteiger partial charge in [0.05, 0.1) is 0 Å². The molecule has 2 nitrogen and oxygen atoms in total. The van der Waals surface area contributed by atoms with Gasteiger partial charge in [-0.25, -0.2) is 0 Å². The molecule has 0 aliphatic heterocycles. The Balaban J connectivity index is 2.07. The van der Waals surface area contributed by atoms with Crippen molar-refractivity contribution in [1.82, 2.24) is 0 Å². The zero-order valence-electron chi connectivity index (χ0n) is 12.0. The highest BCUT2D eigenvalue weighted by molar-refractivity contribution is 9.10. The van der Waals surface area contributed by atoms with Crippen molar-refractivity contribution in [2.24, 2.45) is 11.7 Å². The van der Waals surface area contributed by atoms with Gasteiger partial charge in [0.2, 0.25) is 0 Å². The Bertz CT molecular complexity index is 411. The minimum atomic E-state index is 0.600. The molecule has 0 heterocycles. The number of halogens is 1. The molecular formula is C16H25BrN2. The number of nitrogens with two attached hydrogens (primary N) is 1. The highest BCUT2D eigenvalue weighted by Gasteiger charge is 2.23. The SMILES string of the molecule is CCC1CCC(N(C)c2cc(Br)cc(CN)c2)CC1. The van der Waals surface area contributed by atoms with Crippen LogP contribution >= 0.6 is 15.9 Å². The average molecular weight is 325 g/mol. The van der Waals surface area contributed by atoms with Gasteiger partial charge in [-0.3, -0.25) is 0 Å². The summed E-state index contributed by atoms with van der Waals surface area (Å²) in [6.07, 6.45) is 6.73. The van der Waals surface area contributed by atoms with Gasteiger partial charge in [0, 0.05) is 29.8 Å². The third-order valence-corrected chi connectivity index (χ3v) is 4.98. The van der Waals surface area contributed by atoms with Crippen LogP contribution in [0.3, 0.4) is 0 Å². The number of hydrogen-bond acceptors (Lipinski definition) is 2. The predicted octanol–water partition coefficient (Wildman–Crippen LogP) is 4.31. The van der Waals surface area contributed by atoms with E-state index >= 15 is 0 Å². The van der Waals surface area contributed by atoms with Crippen LogP contribution in [0.25, 0.3) is 0 Å². The second-order valence-electron chi connectivity index (χ2n) is 5.72. The van der Waals surface area contributed by atoms with E-state index in [0.717, 1.165) is 10.4 Å². The van der Waals surface area contributed by atoms with Crippen LogP contribution in [0, 0.1) is 5.92 Å². The van der Waals surface area contributed by atoms with Crippen LogP contribution in [0.4, 0.5) is 5.69 Å². The van der Waals surface area contributed by atoms with Crippen molar-refractivity contribution in [3.8, 4) is 0 Å². The van der Waals surface area contributed by atoms with E-state index in [-0.39, 0.29) is 0 Å². The molecular weight excluding hydrogens is 300 g/mol. The lowest BCUT2D eigenvalue weighted by Gasteiger charge is -2.36. The first-order chi connectivity index (χ1) is 9.13. The van der Waals surface area contributed by atoms with E-state index in [1.165, 1.54) is 43.4 Å². The molecule has 1 aliphatic carbocycles. The van der Waals surface area contributed by atoms with E-state index < -0.39 is 0 Å². The van der Waals surface area contributed by atoms with E-state index in [4.69, 9.17) is 5.73 Å². The maximum absolute atomic E-state index is 5.76. The smallest absolute Gasteiger partial charge is 0.0380 e. The highest BCUT2D eigenvalue weighted by Crippen LogP contribution is 2.32. The van der Waals surface area contributed by atoms with Crippen molar-refractivity contribution in [3.63, 3.8) is 0 Å². The summed E-state index contributed by atoms with van der Waals surface area (Å²) in [4.78, 5) is 2.44. The third-order valence-electron chi connectivity index (χ3n) is 4.53. The molecule has 0 radical (unpaired) electrons. The van der Waals surface area contributed by atoms with E-state index in [2.05, 4.69) is 53.0 Å². The monoisotopic (exact) mass is 324 g/mol. The summed E-state index contributed by atoms with van der Waals surface area (Å²) < 4.78 is 1.12. The normalized spacial score (nSPS) is 23.4. The zero-order chi connectivity index (χ0) is 13.8. The molecule has 1 aromatic carbocycles. The van der Waals surface area contributed by atoms with Crippen LogP contribution < -0.4 is 10.6 Å². The van der Waals surface area contributed by atoms with Crippen LogP contribution in [0.15, 0.2) is 22.7 Å². The van der Waals surface area contributed by atoms with Crippen LogP contribution in [0.2, 0.25) is 0 Å². The summed E-state index contributed by atoms with van der Waals surface area (Å²) in [5.74, 6) is 0.951. The van der Waals surface area contributed by atoms with Crippen LogP contribution in [0.5, 0.6) is 0 Å². The molecule has 0 unspecified atom stereocenters. The molecule has 106 valence electrons. The molecule has 0 amide bonds. The van der Waals surface area contributed by atoms with Gasteiger partial charge >= 0.3 is 0 Å². The number of rotatable bonds is 4. The summed E-state index contributed by atoms with van der Waals surface area (Å²) in [5, 5.41) is 0. The molecule has 1 saturated carbocycles. The van der Waals surface area contributed by atoms with Crippen molar-refractivity contribution >= 4 is 21.6 Å². The van der Waals surface area contributed by atoms with E-state index in [0.29, 0.717) is 12.6 Å². The fraction of sp³-hybridized carbons (Fsp3) is 0.625. The molecule has 19 heavy (non-hydrogen) atoms. The summed E-state index contributed by atoms with van der Waals surface area (Å²) in [5.41, 5.74) is 8.24. The summed E-state index contributed by atoms with van der Waals surface area (Å²) >= 11 is 3.58. The molecule has 0 atom stereocenters. The lowest BCUT2D eigenvalue weighted by Crippen LogP contribution is -2.35. The second kappa shape index (κ2) is 6.76. The van der Waals surface area contributed by atoms with E-state index in [1.54, 1.807) is 0 Å². The first-order valence-corrected chi connectivity index (χ1v) is 8.15. The summed E-state index contributed by atoms with van der Waals surface area (Å²) in [7, 11) is 2.22. The molecule has 1 aromatic rings. The Hall–Kier alpha value is -0.540. The molecule has 0 spiro atoms. The zero-order valence-corrected chi connectivity index (χ0v) is 13.6. The first kappa shape index (κ1) is 14.9. The Kier molecular flexibility index (Phi) is 5.28. The molecule has 1 fully saturated rings.